The Balaban J connectivity index is 1.40. The Labute approximate surface area is 155 Å². The third kappa shape index (κ3) is 4.90. The highest BCUT2D eigenvalue weighted by atomic mass is 35.5. The van der Waals surface area contributed by atoms with E-state index in [0.29, 0.717) is 12.5 Å². The first-order valence-corrected chi connectivity index (χ1v) is 9.47. The van der Waals surface area contributed by atoms with Crippen molar-refractivity contribution in [3.05, 3.63) is 29.3 Å². The molecule has 2 heterocycles. The first-order chi connectivity index (χ1) is 12.2. The number of nitrogens with one attached hydrogen (secondary N) is 1. The van der Waals surface area contributed by atoms with Crippen molar-refractivity contribution in [1.82, 2.24) is 10.2 Å². The van der Waals surface area contributed by atoms with Crippen molar-refractivity contribution in [3.63, 3.8) is 0 Å². The van der Waals surface area contributed by atoms with Gasteiger partial charge in [0.05, 0.1) is 6.54 Å². The van der Waals surface area contributed by atoms with Gasteiger partial charge in [-0.2, -0.15) is 0 Å². The summed E-state index contributed by atoms with van der Waals surface area (Å²) in [6, 6.07) is 7.98. The van der Waals surface area contributed by atoms with Crippen molar-refractivity contribution < 1.29 is 4.79 Å². The molecule has 2 fully saturated rings. The van der Waals surface area contributed by atoms with Gasteiger partial charge in [-0.3, -0.25) is 9.69 Å². The van der Waals surface area contributed by atoms with Crippen molar-refractivity contribution in [2.75, 3.05) is 44.2 Å². The standard InChI is InChI=1S/C20H26ClN3O/c1-2-10-23-11-8-17(9-12-23)20(25)22-14-16-7-13-24(15-16)19-5-3-18(21)4-6-19/h1,3-6,16-17H,7-15H2,(H,22,25)/t16-/m0/s1. The molecular formula is C20H26ClN3O. The fourth-order valence-corrected chi connectivity index (χ4v) is 3.88. The number of terminal acetylenes is 1. The van der Waals surface area contributed by atoms with E-state index in [-0.39, 0.29) is 11.8 Å². The third-order valence-electron chi connectivity index (χ3n) is 5.32. The average Bonchev–Trinajstić information content (AvgIpc) is 3.10. The van der Waals surface area contributed by atoms with Gasteiger partial charge in [-0.25, -0.2) is 0 Å². The maximum atomic E-state index is 12.4. The molecule has 2 aliphatic heterocycles. The van der Waals surface area contributed by atoms with E-state index in [9.17, 15) is 4.79 Å². The number of carbonyl (C=O) groups excluding carboxylic acids is 1. The van der Waals surface area contributed by atoms with E-state index >= 15 is 0 Å². The number of amides is 1. The van der Waals surface area contributed by atoms with Crippen LogP contribution in [0.1, 0.15) is 19.3 Å². The second kappa shape index (κ2) is 8.60. The monoisotopic (exact) mass is 359 g/mol. The molecule has 2 saturated heterocycles. The van der Waals surface area contributed by atoms with Crippen LogP contribution in [0.2, 0.25) is 5.02 Å². The largest absolute Gasteiger partial charge is 0.371 e. The zero-order valence-corrected chi connectivity index (χ0v) is 15.3. The van der Waals surface area contributed by atoms with Crippen LogP contribution >= 0.6 is 11.6 Å². The summed E-state index contributed by atoms with van der Waals surface area (Å²) in [6.45, 7) is 5.34. The topological polar surface area (TPSA) is 35.6 Å². The predicted octanol–water partition coefficient (Wildman–Crippen LogP) is 2.63. The number of carbonyl (C=O) groups is 1. The van der Waals surface area contributed by atoms with Crippen molar-refractivity contribution in [2.45, 2.75) is 19.3 Å². The summed E-state index contributed by atoms with van der Waals surface area (Å²) >= 11 is 5.95. The number of rotatable bonds is 5. The molecule has 3 rings (SSSR count). The summed E-state index contributed by atoms with van der Waals surface area (Å²) in [4.78, 5) is 17.0. The zero-order chi connectivity index (χ0) is 17.6. The van der Waals surface area contributed by atoms with Crippen LogP contribution in [-0.2, 0) is 4.79 Å². The predicted molar refractivity (Wildman–Crippen MR) is 103 cm³/mol. The lowest BCUT2D eigenvalue weighted by atomic mass is 9.95. The molecule has 0 radical (unpaired) electrons. The van der Waals surface area contributed by atoms with Crippen LogP contribution in [0.25, 0.3) is 0 Å². The molecule has 25 heavy (non-hydrogen) atoms. The normalized spacial score (nSPS) is 21.9. The third-order valence-corrected chi connectivity index (χ3v) is 5.57. The molecule has 1 aromatic carbocycles. The molecule has 1 amide bonds. The lowest BCUT2D eigenvalue weighted by Crippen LogP contribution is -2.42. The SMILES string of the molecule is C#CCN1CCC(C(=O)NC[C@@H]2CCN(c3ccc(Cl)cc3)C2)CC1. The molecule has 2 aliphatic rings. The van der Waals surface area contributed by atoms with Gasteiger partial charge in [0, 0.05) is 36.3 Å². The molecule has 1 aromatic rings. The molecule has 134 valence electrons. The van der Waals surface area contributed by atoms with Crippen LogP contribution < -0.4 is 10.2 Å². The van der Waals surface area contributed by atoms with Crippen LogP contribution in [-0.4, -0.2) is 50.1 Å². The Morgan fingerprint density at radius 2 is 1.92 bits per heavy atom. The molecule has 0 unspecified atom stereocenters. The van der Waals surface area contributed by atoms with Crippen LogP contribution in [0, 0.1) is 24.2 Å². The number of halogens is 1. The molecular weight excluding hydrogens is 334 g/mol. The smallest absolute Gasteiger partial charge is 0.223 e. The molecule has 1 N–H and O–H groups in total. The molecule has 0 bridgehead atoms. The minimum absolute atomic E-state index is 0.141. The Kier molecular flexibility index (Phi) is 6.23. The van der Waals surface area contributed by atoms with E-state index in [1.54, 1.807) is 0 Å². The first-order valence-electron chi connectivity index (χ1n) is 9.09. The summed E-state index contributed by atoms with van der Waals surface area (Å²) in [6.07, 6.45) is 8.29. The van der Waals surface area contributed by atoms with Crippen LogP contribution in [0.5, 0.6) is 0 Å². The van der Waals surface area contributed by atoms with Gasteiger partial charge in [-0.1, -0.05) is 17.5 Å². The minimum atomic E-state index is 0.141. The molecule has 5 heteroatoms. The van der Waals surface area contributed by atoms with Gasteiger partial charge in [-0.05, 0) is 62.5 Å². The molecule has 0 saturated carbocycles. The van der Waals surface area contributed by atoms with Crippen molar-refractivity contribution in [1.29, 1.82) is 0 Å². The van der Waals surface area contributed by atoms with E-state index in [4.69, 9.17) is 18.0 Å². The second-order valence-electron chi connectivity index (χ2n) is 7.08. The highest BCUT2D eigenvalue weighted by Gasteiger charge is 2.27. The maximum Gasteiger partial charge on any atom is 0.223 e. The van der Waals surface area contributed by atoms with Gasteiger partial charge in [0.25, 0.3) is 0 Å². The van der Waals surface area contributed by atoms with Gasteiger partial charge in [0.2, 0.25) is 5.91 Å². The molecule has 4 nitrogen and oxygen atoms in total. The van der Waals surface area contributed by atoms with Crippen LogP contribution in [0.4, 0.5) is 5.69 Å². The van der Waals surface area contributed by atoms with E-state index in [1.807, 2.05) is 12.1 Å². The minimum Gasteiger partial charge on any atom is -0.371 e. The number of benzene rings is 1. The number of nitrogens with zero attached hydrogens (tertiary/aromatic N) is 2. The van der Waals surface area contributed by atoms with E-state index in [1.165, 1.54) is 5.69 Å². The summed E-state index contributed by atoms with van der Waals surface area (Å²) in [5.41, 5.74) is 1.21. The maximum absolute atomic E-state index is 12.4. The van der Waals surface area contributed by atoms with Crippen molar-refractivity contribution in [3.8, 4) is 12.3 Å². The highest BCUT2D eigenvalue weighted by Crippen LogP contribution is 2.25. The lowest BCUT2D eigenvalue weighted by molar-refractivity contribution is -0.126. The molecule has 0 spiro atoms. The second-order valence-corrected chi connectivity index (χ2v) is 7.51. The number of anilines is 1. The summed E-state index contributed by atoms with van der Waals surface area (Å²) < 4.78 is 0. The summed E-state index contributed by atoms with van der Waals surface area (Å²) in [7, 11) is 0. The van der Waals surface area contributed by atoms with E-state index < -0.39 is 0 Å². The molecule has 1 atom stereocenters. The number of likely N-dealkylation sites (tertiary alicyclic amines) is 1. The number of piperidine rings is 1. The zero-order valence-electron chi connectivity index (χ0n) is 14.6. The fraction of sp³-hybridized carbons (Fsp3) is 0.550. The van der Waals surface area contributed by atoms with Gasteiger partial charge in [0.15, 0.2) is 0 Å². The summed E-state index contributed by atoms with van der Waals surface area (Å²) in [5.74, 6) is 3.55. The molecule has 0 aliphatic carbocycles. The first kappa shape index (κ1) is 18.1. The van der Waals surface area contributed by atoms with Gasteiger partial charge in [-0.15, -0.1) is 6.42 Å². The van der Waals surface area contributed by atoms with E-state index in [0.717, 1.165) is 57.0 Å². The fourth-order valence-electron chi connectivity index (χ4n) is 3.76. The van der Waals surface area contributed by atoms with Crippen molar-refractivity contribution >= 4 is 23.2 Å². The number of hydrogen-bond donors (Lipinski definition) is 1. The van der Waals surface area contributed by atoms with Gasteiger partial charge < -0.3 is 10.2 Å². The van der Waals surface area contributed by atoms with E-state index in [2.05, 4.69) is 33.2 Å². The van der Waals surface area contributed by atoms with Gasteiger partial charge in [0.1, 0.15) is 0 Å². The Bertz CT molecular complexity index is 617. The molecule has 0 aromatic heterocycles. The summed E-state index contributed by atoms with van der Waals surface area (Å²) in [5, 5.41) is 3.94. The lowest BCUT2D eigenvalue weighted by Gasteiger charge is -2.30. The Morgan fingerprint density at radius 1 is 1.20 bits per heavy atom. The Morgan fingerprint density at radius 3 is 2.60 bits per heavy atom. The van der Waals surface area contributed by atoms with Crippen LogP contribution in [0.15, 0.2) is 24.3 Å². The quantitative estimate of drug-likeness (QED) is 0.821. The van der Waals surface area contributed by atoms with Crippen molar-refractivity contribution in [2.24, 2.45) is 11.8 Å². The van der Waals surface area contributed by atoms with Gasteiger partial charge >= 0.3 is 0 Å². The van der Waals surface area contributed by atoms with Crippen LogP contribution in [0.3, 0.4) is 0 Å². The number of hydrogen-bond acceptors (Lipinski definition) is 3. The average molecular weight is 360 g/mol. The highest BCUT2D eigenvalue weighted by molar-refractivity contribution is 6.30. The Hall–Kier alpha value is -1.70.